The molecule has 0 aliphatic heterocycles. The van der Waals surface area contributed by atoms with E-state index in [-0.39, 0.29) is 30.3 Å². The SMILES string of the molecule is CC(=O)NCCC(O)C(O)c1ccc(N)c(O)c1. The highest BCUT2D eigenvalue weighted by Crippen LogP contribution is 2.26. The van der Waals surface area contributed by atoms with E-state index >= 15 is 0 Å². The van der Waals surface area contributed by atoms with E-state index in [4.69, 9.17) is 5.73 Å². The van der Waals surface area contributed by atoms with Crippen LogP contribution >= 0.6 is 0 Å². The molecule has 6 N–H and O–H groups in total. The number of nitrogens with two attached hydrogens (primary N) is 1. The number of benzene rings is 1. The Morgan fingerprint density at radius 3 is 2.67 bits per heavy atom. The van der Waals surface area contributed by atoms with E-state index in [0.717, 1.165) is 0 Å². The summed E-state index contributed by atoms with van der Waals surface area (Å²) in [6.07, 6.45) is -1.95. The lowest BCUT2D eigenvalue weighted by Crippen LogP contribution is -2.27. The van der Waals surface area contributed by atoms with Gasteiger partial charge in [0.15, 0.2) is 0 Å². The molecule has 0 bridgehead atoms. The molecule has 0 aliphatic carbocycles. The van der Waals surface area contributed by atoms with Gasteiger partial charge in [0, 0.05) is 13.5 Å². The van der Waals surface area contributed by atoms with Crippen LogP contribution in [0.4, 0.5) is 5.69 Å². The van der Waals surface area contributed by atoms with Crippen LogP contribution in [0.25, 0.3) is 0 Å². The number of carbonyl (C=O) groups is 1. The van der Waals surface area contributed by atoms with Crippen molar-refractivity contribution in [2.24, 2.45) is 0 Å². The summed E-state index contributed by atoms with van der Waals surface area (Å²) in [6.45, 7) is 1.65. The number of aliphatic hydroxyl groups is 2. The second-order valence-electron chi connectivity index (χ2n) is 4.10. The number of hydrogen-bond acceptors (Lipinski definition) is 5. The molecule has 1 aromatic carbocycles. The molecular formula is C12H18N2O4. The van der Waals surface area contributed by atoms with Crippen LogP contribution in [0.1, 0.15) is 25.0 Å². The second-order valence-corrected chi connectivity index (χ2v) is 4.10. The molecule has 1 rings (SSSR count). The Morgan fingerprint density at radius 1 is 1.44 bits per heavy atom. The molecule has 0 heterocycles. The average Bonchev–Trinajstić information content (AvgIpc) is 2.31. The van der Waals surface area contributed by atoms with Gasteiger partial charge in [-0.15, -0.1) is 0 Å². The zero-order valence-corrected chi connectivity index (χ0v) is 10.1. The molecule has 18 heavy (non-hydrogen) atoms. The highest BCUT2D eigenvalue weighted by atomic mass is 16.3. The van der Waals surface area contributed by atoms with Crippen LogP contribution in [0.2, 0.25) is 0 Å². The van der Waals surface area contributed by atoms with Crippen molar-refractivity contribution < 1.29 is 20.1 Å². The molecule has 1 aromatic rings. The van der Waals surface area contributed by atoms with Crippen molar-refractivity contribution in [2.45, 2.75) is 25.6 Å². The van der Waals surface area contributed by atoms with Crippen LogP contribution in [-0.4, -0.2) is 33.9 Å². The summed E-state index contributed by atoms with van der Waals surface area (Å²) in [5.74, 6) is -0.331. The van der Waals surface area contributed by atoms with Gasteiger partial charge >= 0.3 is 0 Å². The Morgan fingerprint density at radius 2 is 2.11 bits per heavy atom. The molecule has 0 aliphatic rings. The van der Waals surface area contributed by atoms with Gasteiger partial charge in [-0.05, 0) is 24.1 Å². The Labute approximate surface area is 105 Å². The molecule has 0 saturated heterocycles. The first kappa shape index (κ1) is 14.3. The molecule has 6 heteroatoms. The number of aliphatic hydroxyl groups excluding tert-OH is 2. The van der Waals surface area contributed by atoms with Crippen LogP contribution in [-0.2, 0) is 4.79 Å². The molecule has 6 nitrogen and oxygen atoms in total. The number of hydrogen-bond donors (Lipinski definition) is 5. The number of nitrogen functional groups attached to an aromatic ring is 1. The summed E-state index contributed by atoms with van der Waals surface area (Å²) in [7, 11) is 0. The van der Waals surface area contributed by atoms with E-state index < -0.39 is 12.2 Å². The molecule has 100 valence electrons. The minimum atomic E-state index is -1.13. The molecule has 2 atom stereocenters. The molecule has 0 saturated carbocycles. The topological polar surface area (TPSA) is 116 Å². The van der Waals surface area contributed by atoms with E-state index in [1.54, 1.807) is 0 Å². The van der Waals surface area contributed by atoms with Crippen LogP contribution < -0.4 is 11.1 Å². The monoisotopic (exact) mass is 254 g/mol. The largest absolute Gasteiger partial charge is 0.506 e. The van der Waals surface area contributed by atoms with E-state index in [2.05, 4.69) is 5.32 Å². The minimum absolute atomic E-state index is 0.138. The molecule has 2 unspecified atom stereocenters. The van der Waals surface area contributed by atoms with Gasteiger partial charge in [-0.3, -0.25) is 4.79 Å². The van der Waals surface area contributed by atoms with Gasteiger partial charge < -0.3 is 26.4 Å². The van der Waals surface area contributed by atoms with Crippen molar-refractivity contribution >= 4 is 11.6 Å². The number of aromatic hydroxyl groups is 1. The van der Waals surface area contributed by atoms with Gasteiger partial charge in [0.1, 0.15) is 11.9 Å². The number of carbonyl (C=O) groups excluding carboxylic acids is 1. The summed E-state index contributed by atoms with van der Waals surface area (Å²) >= 11 is 0. The maximum Gasteiger partial charge on any atom is 0.216 e. The number of phenolic OH excluding ortho intramolecular Hbond substituents is 1. The van der Waals surface area contributed by atoms with E-state index in [1.807, 2.05) is 0 Å². The second kappa shape index (κ2) is 6.23. The standard InChI is InChI=1S/C12H18N2O4/c1-7(15)14-5-4-10(16)12(18)8-2-3-9(13)11(17)6-8/h2-3,6,10,12,16-18H,4-5,13H2,1H3,(H,14,15). The van der Waals surface area contributed by atoms with E-state index in [1.165, 1.54) is 25.1 Å². The molecule has 0 fully saturated rings. The molecule has 1 amide bonds. The van der Waals surface area contributed by atoms with Gasteiger partial charge in [-0.1, -0.05) is 6.07 Å². The van der Waals surface area contributed by atoms with Crippen molar-refractivity contribution in [2.75, 3.05) is 12.3 Å². The summed E-state index contributed by atoms with van der Waals surface area (Å²) in [5.41, 5.74) is 6.02. The Bertz CT molecular complexity index is 423. The van der Waals surface area contributed by atoms with Crippen molar-refractivity contribution in [1.29, 1.82) is 0 Å². The molecule has 0 spiro atoms. The predicted molar refractivity (Wildman–Crippen MR) is 66.8 cm³/mol. The molecule has 0 aromatic heterocycles. The van der Waals surface area contributed by atoms with Crippen molar-refractivity contribution in [1.82, 2.24) is 5.32 Å². The summed E-state index contributed by atoms with van der Waals surface area (Å²) in [6, 6.07) is 4.29. The van der Waals surface area contributed by atoms with Gasteiger partial charge in [-0.25, -0.2) is 0 Å². The minimum Gasteiger partial charge on any atom is -0.506 e. The van der Waals surface area contributed by atoms with Crippen molar-refractivity contribution in [3.05, 3.63) is 23.8 Å². The highest BCUT2D eigenvalue weighted by molar-refractivity contribution is 5.72. The van der Waals surface area contributed by atoms with E-state index in [0.29, 0.717) is 5.56 Å². The number of anilines is 1. The number of rotatable bonds is 5. The fourth-order valence-electron chi connectivity index (χ4n) is 1.52. The fourth-order valence-corrected chi connectivity index (χ4v) is 1.52. The maximum atomic E-state index is 10.6. The number of phenols is 1. The first-order valence-electron chi connectivity index (χ1n) is 5.60. The number of amides is 1. The lowest BCUT2D eigenvalue weighted by atomic mass is 10.0. The Kier molecular flexibility index (Phi) is 4.94. The van der Waals surface area contributed by atoms with Gasteiger partial charge in [-0.2, -0.15) is 0 Å². The average molecular weight is 254 g/mol. The number of nitrogens with one attached hydrogen (secondary N) is 1. The third kappa shape index (κ3) is 3.90. The van der Waals surface area contributed by atoms with Crippen molar-refractivity contribution in [3.63, 3.8) is 0 Å². The van der Waals surface area contributed by atoms with Crippen LogP contribution in [0, 0.1) is 0 Å². The predicted octanol–water partition coefficient (Wildman–Crippen LogP) is -0.105. The Balaban J connectivity index is 2.59. The van der Waals surface area contributed by atoms with Crippen molar-refractivity contribution in [3.8, 4) is 5.75 Å². The van der Waals surface area contributed by atoms with Gasteiger partial charge in [0.2, 0.25) is 5.91 Å². The van der Waals surface area contributed by atoms with Gasteiger partial charge in [0.05, 0.1) is 11.8 Å². The third-order valence-electron chi connectivity index (χ3n) is 2.57. The first-order valence-corrected chi connectivity index (χ1v) is 5.60. The van der Waals surface area contributed by atoms with Crippen LogP contribution in [0.5, 0.6) is 5.75 Å². The maximum absolute atomic E-state index is 10.6. The lowest BCUT2D eigenvalue weighted by molar-refractivity contribution is -0.119. The summed E-state index contributed by atoms with van der Waals surface area (Å²) in [4.78, 5) is 10.6. The lowest BCUT2D eigenvalue weighted by Gasteiger charge is -2.18. The smallest absolute Gasteiger partial charge is 0.216 e. The highest BCUT2D eigenvalue weighted by Gasteiger charge is 2.18. The van der Waals surface area contributed by atoms with Crippen LogP contribution in [0.15, 0.2) is 18.2 Å². The molecule has 0 radical (unpaired) electrons. The van der Waals surface area contributed by atoms with E-state index in [9.17, 15) is 20.1 Å². The fraction of sp³-hybridized carbons (Fsp3) is 0.417. The van der Waals surface area contributed by atoms with Crippen LogP contribution in [0.3, 0.4) is 0 Å². The summed E-state index contributed by atoms with van der Waals surface area (Å²) < 4.78 is 0. The third-order valence-corrected chi connectivity index (χ3v) is 2.57. The Hall–Kier alpha value is -1.79. The van der Waals surface area contributed by atoms with Gasteiger partial charge in [0.25, 0.3) is 0 Å². The first-order chi connectivity index (χ1) is 8.41. The zero-order chi connectivity index (χ0) is 13.7. The zero-order valence-electron chi connectivity index (χ0n) is 10.1. The molecular weight excluding hydrogens is 236 g/mol. The summed E-state index contributed by atoms with van der Waals surface area (Å²) in [5, 5.41) is 31.5. The quantitative estimate of drug-likeness (QED) is 0.371. The normalized spacial score (nSPS) is 13.9.